The molecule has 1 N–H and O–H groups in total. The van der Waals surface area contributed by atoms with Gasteiger partial charge in [-0.15, -0.1) is 0 Å². The molecule has 0 aliphatic rings. The molecular weight excluding hydrogens is 348 g/mol. The Morgan fingerprint density at radius 1 is 0.963 bits per heavy atom. The molecule has 0 saturated carbocycles. The fraction of sp³-hybridized carbons (Fsp3) is 0.417. The van der Waals surface area contributed by atoms with Crippen LogP contribution in [-0.4, -0.2) is 26.1 Å². The van der Waals surface area contributed by atoms with Crippen molar-refractivity contribution in [3.05, 3.63) is 72.8 Å². The summed E-state index contributed by atoms with van der Waals surface area (Å²) >= 11 is 0. The van der Waals surface area contributed by atoms with Crippen LogP contribution in [0.25, 0.3) is 0 Å². The molecule has 146 valence electrons. The number of hydrogen-bond donors (Lipinski definition) is 1. The van der Waals surface area contributed by atoms with Crippen LogP contribution in [0, 0.1) is 0 Å². The Balaban J connectivity index is 2.34. The molecule has 0 fully saturated rings. The number of aliphatic hydroxyl groups is 1. The topological polar surface area (TPSA) is 29.5 Å². The van der Waals surface area contributed by atoms with Gasteiger partial charge in [-0.05, 0) is 21.8 Å². The van der Waals surface area contributed by atoms with Crippen LogP contribution in [0.3, 0.4) is 0 Å². The highest BCUT2D eigenvalue weighted by Crippen LogP contribution is 2.36. The lowest BCUT2D eigenvalue weighted by molar-refractivity contribution is 0.208. The quantitative estimate of drug-likeness (QED) is 0.504. The van der Waals surface area contributed by atoms with Crippen molar-refractivity contribution in [2.45, 2.75) is 58.1 Å². The molecule has 2 rings (SSSR count). The fourth-order valence-corrected chi connectivity index (χ4v) is 8.16. The molecule has 0 radical (unpaired) electrons. The molecule has 3 heteroatoms. The van der Waals surface area contributed by atoms with E-state index in [1.807, 2.05) is 12.2 Å². The van der Waals surface area contributed by atoms with Gasteiger partial charge < -0.3 is 9.53 Å². The Labute approximate surface area is 166 Å². The predicted molar refractivity (Wildman–Crippen MR) is 118 cm³/mol. The summed E-state index contributed by atoms with van der Waals surface area (Å²) in [6, 6.07) is 21.3. The van der Waals surface area contributed by atoms with Crippen LogP contribution in [-0.2, 0) is 4.43 Å². The van der Waals surface area contributed by atoms with E-state index in [9.17, 15) is 5.11 Å². The minimum Gasteiger partial charge on any atom is -0.404 e. The number of unbranched alkanes of at least 4 members (excludes halogenated alkanes) is 1. The van der Waals surface area contributed by atoms with Crippen molar-refractivity contribution >= 4 is 18.7 Å². The van der Waals surface area contributed by atoms with Gasteiger partial charge >= 0.3 is 0 Å². The zero-order valence-corrected chi connectivity index (χ0v) is 18.2. The Morgan fingerprint density at radius 2 is 1.48 bits per heavy atom. The van der Waals surface area contributed by atoms with Crippen LogP contribution >= 0.6 is 0 Å². The van der Waals surface area contributed by atoms with E-state index in [1.54, 1.807) is 0 Å². The van der Waals surface area contributed by atoms with Gasteiger partial charge in [-0.2, -0.15) is 0 Å². The molecule has 0 aliphatic carbocycles. The molecule has 2 aromatic carbocycles. The number of hydrogen-bond acceptors (Lipinski definition) is 2. The van der Waals surface area contributed by atoms with Crippen molar-refractivity contribution in [1.82, 2.24) is 0 Å². The lowest BCUT2D eigenvalue weighted by atomic mass is 10.1. The van der Waals surface area contributed by atoms with Gasteiger partial charge in [-0.25, -0.2) is 0 Å². The second kappa shape index (κ2) is 10.0. The first kappa shape index (κ1) is 21.6. The highest BCUT2D eigenvalue weighted by molar-refractivity contribution is 6.99. The summed E-state index contributed by atoms with van der Waals surface area (Å²) in [4.78, 5) is 0. The van der Waals surface area contributed by atoms with Gasteiger partial charge in [0.05, 0.1) is 12.7 Å². The predicted octanol–water partition coefficient (Wildman–Crippen LogP) is 4.67. The normalized spacial score (nSPS) is 13.8. The minimum atomic E-state index is -2.48. The summed E-state index contributed by atoms with van der Waals surface area (Å²) in [5.41, 5.74) is 0. The molecule has 0 saturated heterocycles. The number of aliphatic hydroxyl groups excluding tert-OH is 1. The van der Waals surface area contributed by atoms with Crippen LogP contribution < -0.4 is 10.4 Å². The Bertz CT molecular complexity index is 650. The third kappa shape index (κ3) is 5.41. The summed E-state index contributed by atoms with van der Waals surface area (Å²) in [7, 11) is -2.48. The molecule has 0 spiro atoms. The highest BCUT2D eigenvalue weighted by atomic mass is 28.4. The van der Waals surface area contributed by atoms with Crippen molar-refractivity contribution in [3.8, 4) is 0 Å². The van der Waals surface area contributed by atoms with E-state index < -0.39 is 8.32 Å². The van der Waals surface area contributed by atoms with Gasteiger partial charge in [0.25, 0.3) is 8.32 Å². The first-order valence-electron chi connectivity index (χ1n) is 10.0. The molecular formula is C24H34O2Si. The van der Waals surface area contributed by atoms with E-state index in [1.165, 1.54) is 10.4 Å². The average Bonchev–Trinajstić information content (AvgIpc) is 2.67. The van der Waals surface area contributed by atoms with Crippen LogP contribution in [0.1, 0.15) is 47.0 Å². The maximum absolute atomic E-state index is 10.1. The van der Waals surface area contributed by atoms with Gasteiger partial charge in [-0.1, -0.05) is 113 Å². The van der Waals surface area contributed by atoms with E-state index in [2.05, 4.69) is 88.4 Å². The molecule has 2 nitrogen and oxygen atoms in total. The monoisotopic (exact) mass is 382 g/mol. The van der Waals surface area contributed by atoms with E-state index in [0.29, 0.717) is 6.61 Å². The summed E-state index contributed by atoms with van der Waals surface area (Å²) in [5.74, 6) is 0. The highest BCUT2D eigenvalue weighted by Gasteiger charge is 2.49. The van der Waals surface area contributed by atoms with Crippen LogP contribution in [0.15, 0.2) is 72.8 Å². The van der Waals surface area contributed by atoms with Crippen LogP contribution in [0.5, 0.6) is 0 Å². The number of rotatable bonds is 9. The molecule has 0 heterocycles. The van der Waals surface area contributed by atoms with E-state index >= 15 is 0 Å². The maximum atomic E-state index is 10.1. The zero-order chi connectivity index (χ0) is 19.8. The molecule has 0 bridgehead atoms. The lowest BCUT2D eigenvalue weighted by Gasteiger charge is -2.42. The van der Waals surface area contributed by atoms with Crippen molar-refractivity contribution in [3.63, 3.8) is 0 Å². The lowest BCUT2D eigenvalue weighted by Crippen LogP contribution is -2.66. The standard InChI is InChI=1S/C24H34O2Si/c1-5-6-14-21(25)15-13-20-26-27(24(2,3)4,22-16-9-7-10-17-22)23-18-11-8-12-19-23/h7-13,15-19,21,25H,5-6,14,20H2,1-4H3/b15-13-/t21-/m1/s1. The van der Waals surface area contributed by atoms with Gasteiger partial charge in [0.2, 0.25) is 0 Å². The molecule has 0 aliphatic heterocycles. The molecule has 0 aromatic heterocycles. The molecule has 0 unspecified atom stereocenters. The van der Waals surface area contributed by atoms with Gasteiger partial charge in [0.1, 0.15) is 0 Å². The molecule has 27 heavy (non-hydrogen) atoms. The third-order valence-electron chi connectivity index (χ3n) is 5.02. The van der Waals surface area contributed by atoms with Crippen molar-refractivity contribution in [2.75, 3.05) is 6.61 Å². The zero-order valence-electron chi connectivity index (χ0n) is 17.2. The first-order valence-corrected chi connectivity index (χ1v) is 11.9. The van der Waals surface area contributed by atoms with Gasteiger partial charge in [0, 0.05) is 0 Å². The maximum Gasteiger partial charge on any atom is 0.261 e. The average molecular weight is 383 g/mol. The summed E-state index contributed by atoms with van der Waals surface area (Å²) in [5, 5.41) is 12.6. The minimum absolute atomic E-state index is 0.0234. The smallest absolute Gasteiger partial charge is 0.261 e. The number of benzene rings is 2. The van der Waals surface area contributed by atoms with Crippen molar-refractivity contribution < 1.29 is 9.53 Å². The Morgan fingerprint density at radius 3 is 1.93 bits per heavy atom. The molecule has 2 aromatic rings. The first-order chi connectivity index (χ1) is 12.9. The van der Waals surface area contributed by atoms with Gasteiger partial charge in [0.15, 0.2) is 0 Å². The molecule has 1 atom stereocenters. The van der Waals surface area contributed by atoms with Crippen molar-refractivity contribution in [1.29, 1.82) is 0 Å². The largest absolute Gasteiger partial charge is 0.404 e. The SMILES string of the molecule is CCCC[C@@H](O)/C=C\CO[Si](c1ccccc1)(c1ccccc1)C(C)(C)C. The van der Waals surface area contributed by atoms with E-state index in [-0.39, 0.29) is 11.1 Å². The summed E-state index contributed by atoms with van der Waals surface area (Å²) < 4.78 is 6.76. The van der Waals surface area contributed by atoms with Crippen LogP contribution in [0.2, 0.25) is 5.04 Å². The van der Waals surface area contributed by atoms with E-state index in [4.69, 9.17) is 4.43 Å². The molecule has 0 amide bonds. The summed E-state index contributed by atoms with van der Waals surface area (Å²) in [6.45, 7) is 9.48. The van der Waals surface area contributed by atoms with Crippen LogP contribution in [0.4, 0.5) is 0 Å². The second-order valence-electron chi connectivity index (χ2n) is 8.11. The Kier molecular flexibility index (Phi) is 8.02. The fourth-order valence-electron chi connectivity index (χ4n) is 3.66. The van der Waals surface area contributed by atoms with E-state index in [0.717, 1.165) is 19.3 Å². The Hall–Kier alpha value is -1.68. The van der Waals surface area contributed by atoms with Crippen molar-refractivity contribution in [2.24, 2.45) is 0 Å². The summed E-state index contributed by atoms with van der Waals surface area (Å²) in [6.07, 6.45) is 6.44. The second-order valence-corrected chi connectivity index (χ2v) is 12.4. The third-order valence-corrected chi connectivity index (χ3v) is 10.0. The van der Waals surface area contributed by atoms with Gasteiger partial charge in [-0.3, -0.25) is 0 Å².